The number of methoxy groups -OCH3 is 2. The van der Waals surface area contributed by atoms with Crippen molar-refractivity contribution in [3.63, 3.8) is 0 Å². The van der Waals surface area contributed by atoms with Gasteiger partial charge < -0.3 is 18.9 Å². The smallest absolute Gasteiger partial charge is 0.158 e. The van der Waals surface area contributed by atoms with Crippen molar-refractivity contribution in [3.8, 4) is 0 Å². The van der Waals surface area contributed by atoms with Crippen molar-refractivity contribution < 1.29 is 18.9 Å². The molecule has 0 spiro atoms. The predicted octanol–water partition coefficient (Wildman–Crippen LogP) is 1.88. The van der Waals surface area contributed by atoms with Crippen LogP contribution in [0, 0.1) is 0 Å². The van der Waals surface area contributed by atoms with Crippen LogP contribution in [0.25, 0.3) is 0 Å². The minimum Gasteiger partial charge on any atom is -0.356 e. The van der Waals surface area contributed by atoms with E-state index in [-0.39, 0.29) is 11.1 Å². The second-order valence-electron chi connectivity index (χ2n) is 8.79. The molecule has 164 valence electrons. The quantitative estimate of drug-likeness (QED) is 0.234. The number of unbranched alkanes of at least 4 members (excludes halogenated alkanes) is 4. The van der Waals surface area contributed by atoms with Crippen molar-refractivity contribution in [1.82, 2.24) is 5.32 Å². The molecule has 7 heteroatoms. The van der Waals surface area contributed by atoms with Crippen LogP contribution in [0.5, 0.6) is 0 Å². The van der Waals surface area contributed by atoms with Gasteiger partial charge in [-0.15, -0.1) is 0 Å². The summed E-state index contributed by atoms with van der Waals surface area (Å²) in [6, 6.07) is 0. The highest BCUT2D eigenvalue weighted by atomic mass is 28.2. The van der Waals surface area contributed by atoms with Gasteiger partial charge in [0.2, 0.25) is 0 Å². The lowest BCUT2D eigenvalue weighted by Gasteiger charge is -2.52. The number of rotatable bonds is 16. The van der Waals surface area contributed by atoms with E-state index in [4.69, 9.17) is 18.9 Å². The molecule has 0 heterocycles. The lowest BCUT2D eigenvalue weighted by Crippen LogP contribution is -2.73. The molecule has 0 aliphatic rings. The Balaban J connectivity index is 5.19. The summed E-state index contributed by atoms with van der Waals surface area (Å²) in [5, 5.41) is 3.77. The van der Waals surface area contributed by atoms with E-state index in [1.807, 2.05) is 0 Å². The number of hydrogen-bond donors (Lipinski definition) is 1. The highest BCUT2D eigenvalue weighted by Crippen LogP contribution is 2.32. The molecule has 0 aromatic carbocycles. The number of nitrogens with one attached hydrogen (secondary N) is 1. The van der Waals surface area contributed by atoms with E-state index >= 15 is 0 Å². The van der Waals surface area contributed by atoms with E-state index in [2.05, 4.69) is 46.9 Å². The molecule has 0 aromatic rings. The van der Waals surface area contributed by atoms with Crippen LogP contribution in [0.4, 0.5) is 0 Å². The van der Waals surface area contributed by atoms with Crippen molar-refractivity contribution in [2.24, 2.45) is 0 Å². The zero-order chi connectivity index (χ0) is 21.2. The van der Waals surface area contributed by atoms with E-state index in [9.17, 15) is 0 Å². The summed E-state index contributed by atoms with van der Waals surface area (Å²) in [6.07, 6.45) is 6.86. The average molecular weight is 422 g/mol. The van der Waals surface area contributed by atoms with E-state index in [1.165, 1.54) is 25.7 Å². The van der Waals surface area contributed by atoms with E-state index in [0.717, 1.165) is 46.5 Å². The molecule has 0 aliphatic carbocycles. The van der Waals surface area contributed by atoms with Gasteiger partial charge in [0.25, 0.3) is 0 Å². The van der Waals surface area contributed by atoms with Gasteiger partial charge in [-0.3, -0.25) is 5.32 Å². The number of hydrogen-bond acceptors (Lipinski definition) is 5. The lowest BCUT2D eigenvalue weighted by molar-refractivity contribution is -0.235. The Kier molecular flexibility index (Phi) is 12.2. The maximum absolute atomic E-state index is 6.26. The lowest BCUT2D eigenvalue weighted by atomic mass is 9.95. The summed E-state index contributed by atoms with van der Waals surface area (Å²) in [5.74, 6) is 0. The van der Waals surface area contributed by atoms with Gasteiger partial charge in [-0.25, -0.2) is 0 Å². The fourth-order valence-electron chi connectivity index (χ4n) is 3.24. The Morgan fingerprint density at radius 1 is 0.667 bits per heavy atom. The van der Waals surface area contributed by atoms with Gasteiger partial charge in [0.15, 0.2) is 10.8 Å². The molecule has 27 heavy (non-hydrogen) atoms. The second-order valence-corrected chi connectivity index (χ2v) is 11.4. The first-order chi connectivity index (χ1) is 12.4. The molecule has 0 bridgehead atoms. The molecule has 2 atom stereocenters. The Bertz CT molecular complexity index is 373. The van der Waals surface area contributed by atoms with Gasteiger partial charge in [-0.2, -0.15) is 0 Å². The highest BCUT2D eigenvalue weighted by molar-refractivity contribution is 6.15. The van der Waals surface area contributed by atoms with E-state index < -0.39 is 10.8 Å². The molecular weight excluding hydrogens is 374 g/mol. The summed E-state index contributed by atoms with van der Waals surface area (Å²) in [6.45, 7) is 14.5. The van der Waals surface area contributed by atoms with Crippen LogP contribution in [0.15, 0.2) is 0 Å². The standard InChI is InChI=1S/C20H47NO4Si2/c1-9-11-13-15-24-19(26,22-7)17(3,4)21-18(5,6)20(27,23-8)25-16-14-12-10-2/h21H,9-16H2,1-8,26-27H3. The SMILES string of the molecule is CCCCCOC([SiH3])(OC)C(C)(C)NC(C)(C)C([SiH3])(OC)OCCCCC. The van der Waals surface area contributed by atoms with Crippen LogP contribution in [0.3, 0.4) is 0 Å². The van der Waals surface area contributed by atoms with Gasteiger partial charge in [-0.05, 0) is 40.5 Å². The Labute approximate surface area is 174 Å². The van der Waals surface area contributed by atoms with Gasteiger partial charge in [-0.1, -0.05) is 39.5 Å². The third-order valence-corrected chi connectivity index (χ3v) is 9.82. The maximum Gasteiger partial charge on any atom is 0.158 e. The fraction of sp³-hybridized carbons (Fsp3) is 1.00. The summed E-state index contributed by atoms with van der Waals surface area (Å²) < 4.78 is 24.3. The second kappa shape index (κ2) is 12.0. The molecular formula is C20H47NO4Si2. The van der Waals surface area contributed by atoms with Crippen LogP contribution in [-0.2, 0) is 18.9 Å². The van der Waals surface area contributed by atoms with Crippen LogP contribution in [0.1, 0.15) is 80.1 Å². The zero-order valence-electron chi connectivity index (χ0n) is 19.8. The first-order valence-electron chi connectivity index (χ1n) is 10.6. The number of ether oxygens (including phenoxy) is 4. The molecule has 1 N–H and O–H groups in total. The van der Waals surface area contributed by atoms with E-state index in [1.54, 1.807) is 14.2 Å². The monoisotopic (exact) mass is 421 g/mol. The van der Waals surface area contributed by atoms with Gasteiger partial charge in [0.05, 0.1) is 31.6 Å². The van der Waals surface area contributed by atoms with Crippen LogP contribution >= 0.6 is 0 Å². The van der Waals surface area contributed by atoms with Crippen LogP contribution < -0.4 is 5.32 Å². The van der Waals surface area contributed by atoms with Gasteiger partial charge in [0.1, 0.15) is 0 Å². The Morgan fingerprint density at radius 3 is 1.26 bits per heavy atom. The molecule has 0 aliphatic heterocycles. The molecule has 0 rings (SSSR count). The fourth-order valence-corrected chi connectivity index (χ4v) is 3.89. The van der Waals surface area contributed by atoms with Crippen LogP contribution in [-0.4, -0.2) is 69.8 Å². The predicted molar refractivity (Wildman–Crippen MR) is 122 cm³/mol. The highest BCUT2D eigenvalue weighted by Gasteiger charge is 2.50. The van der Waals surface area contributed by atoms with Crippen molar-refractivity contribution in [2.45, 2.75) is 102 Å². The maximum atomic E-state index is 6.26. The zero-order valence-corrected chi connectivity index (χ0v) is 23.8. The summed E-state index contributed by atoms with van der Waals surface area (Å²) in [4.78, 5) is 0. The first-order valence-corrected chi connectivity index (χ1v) is 12.6. The summed E-state index contributed by atoms with van der Waals surface area (Å²) in [5.41, 5.74) is -2.00. The minimum absolute atomic E-state index is 0.384. The molecule has 2 unspecified atom stereocenters. The van der Waals surface area contributed by atoms with Crippen molar-refractivity contribution in [1.29, 1.82) is 0 Å². The van der Waals surface area contributed by atoms with Gasteiger partial charge in [0, 0.05) is 27.4 Å². The normalized spacial score (nSPS) is 17.8. The molecule has 5 nitrogen and oxygen atoms in total. The van der Waals surface area contributed by atoms with Crippen molar-refractivity contribution in [2.75, 3.05) is 27.4 Å². The van der Waals surface area contributed by atoms with Crippen molar-refractivity contribution >= 4 is 20.5 Å². The molecule has 0 aromatic heterocycles. The Hall–Kier alpha value is 0.234. The molecule has 0 radical (unpaired) electrons. The van der Waals surface area contributed by atoms with Crippen molar-refractivity contribution in [3.05, 3.63) is 0 Å². The third kappa shape index (κ3) is 7.87. The summed E-state index contributed by atoms with van der Waals surface area (Å²) >= 11 is 0. The minimum atomic E-state index is -0.615. The van der Waals surface area contributed by atoms with Crippen LogP contribution in [0.2, 0.25) is 0 Å². The molecule has 0 saturated heterocycles. The van der Waals surface area contributed by atoms with E-state index in [0.29, 0.717) is 0 Å². The third-order valence-electron chi connectivity index (χ3n) is 5.93. The first kappa shape index (κ1) is 27.2. The molecule has 0 saturated carbocycles. The average Bonchev–Trinajstić information content (AvgIpc) is 2.60. The largest absolute Gasteiger partial charge is 0.356 e. The summed E-state index contributed by atoms with van der Waals surface area (Å²) in [7, 11) is 5.00. The molecule has 0 fully saturated rings. The topological polar surface area (TPSA) is 49.0 Å². The molecule has 0 amide bonds. The Morgan fingerprint density at radius 2 is 1.00 bits per heavy atom. The van der Waals surface area contributed by atoms with Gasteiger partial charge >= 0.3 is 0 Å².